The molecule has 2 unspecified atom stereocenters. The number of ether oxygens (including phenoxy) is 1. The summed E-state index contributed by atoms with van der Waals surface area (Å²) in [7, 11) is 0. The van der Waals surface area contributed by atoms with Gasteiger partial charge in [-0.15, -0.1) is 10.2 Å². The van der Waals surface area contributed by atoms with Crippen molar-refractivity contribution in [3.05, 3.63) is 120 Å². The van der Waals surface area contributed by atoms with E-state index in [0.29, 0.717) is 44.3 Å². The zero-order valence-electron chi connectivity index (χ0n) is 21.4. The lowest BCUT2D eigenvalue weighted by Gasteiger charge is -2.37. The molecule has 0 saturated carbocycles. The van der Waals surface area contributed by atoms with Crippen molar-refractivity contribution in [1.82, 2.24) is 15.1 Å². The van der Waals surface area contributed by atoms with Crippen molar-refractivity contribution in [3.63, 3.8) is 0 Å². The van der Waals surface area contributed by atoms with E-state index in [0.717, 1.165) is 22.3 Å². The Morgan fingerprint density at radius 1 is 0.897 bits per heavy atom. The van der Waals surface area contributed by atoms with Gasteiger partial charge < -0.3 is 19.2 Å². The van der Waals surface area contributed by atoms with Crippen LogP contribution in [0.4, 0.5) is 4.79 Å². The van der Waals surface area contributed by atoms with Crippen molar-refractivity contribution in [2.45, 2.75) is 31.5 Å². The largest absolute Gasteiger partial charge is 0.465 e. The van der Waals surface area contributed by atoms with Gasteiger partial charge in [-0.1, -0.05) is 78.9 Å². The second kappa shape index (κ2) is 11.1. The lowest BCUT2D eigenvalue weighted by Crippen LogP contribution is -2.46. The number of aromatic nitrogens is 2. The van der Waals surface area contributed by atoms with Gasteiger partial charge in [0.05, 0.1) is 25.7 Å². The second-order valence-electron chi connectivity index (χ2n) is 9.94. The van der Waals surface area contributed by atoms with Gasteiger partial charge in [0.15, 0.2) is 0 Å². The van der Waals surface area contributed by atoms with E-state index >= 15 is 0 Å². The molecule has 39 heavy (non-hydrogen) atoms. The molecule has 0 bridgehead atoms. The maximum Gasteiger partial charge on any atom is 0.407 e. The molecule has 7 nitrogen and oxygen atoms in total. The fourth-order valence-electron chi connectivity index (χ4n) is 5.25. The molecule has 1 fully saturated rings. The SMILES string of the molecule is O=C(O)N1CCC(c2ccc(Cc3nnc(-c4ccccc4)o3)cc2)C(OCc2ccc3ccccc3c2)C1. The molecule has 1 saturated heterocycles. The molecule has 1 amide bonds. The third-order valence-electron chi connectivity index (χ3n) is 7.36. The summed E-state index contributed by atoms with van der Waals surface area (Å²) in [5.74, 6) is 1.18. The Hall–Kier alpha value is -4.49. The normalized spacial score (nSPS) is 17.4. The zero-order valence-corrected chi connectivity index (χ0v) is 21.4. The van der Waals surface area contributed by atoms with Crippen LogP contribution in [0.1, 0.15) is 34.9 Å². The van der Waals surface area contributed by atoms with Crippen LogP contribution < -0.4 is 0 Å². The highest BCUT2D eigenvalue weighted by atomic mass is 16.5. The summed E-state index contributed by atoms with van der Waals surface area (Å²) in [5, 5.41) is 20.4. The number of carboxylic acid groups (broad SMARTS) is 1. The van der Waals surface area contributed by atoms with Crippen LogP contribution in [0.2, 0.25) is 0 Å². The Morgan fingerprint density at radius 2 is 1.64 bits per heavy atom. The molecule has 1 aliphatic heterocycles. The number of fused-ring (bicyclic) bond motifs is 1. The van der Waals surface area contributed by atoms with E-state index in [4.69, 9.17) is 9.15 Å². The summed E-state index contributed by atoms with van der Waals surface area (Å²) in [6.07, 6.45) is 0.103. The van der Waals surface area contributed by atoms with E-state index in [1.54, 1.807) is 0 Å². The number of likely N-dealkylation sites (tertiary alicyclic amines) is 1. The number of carbonyl (C=O) groups is 1. The molecule has 2 atom stereocenters. The predicted octanol–water partition coefficient (Wildman–Crippen LogP) is 6.53. The minimum atomic E-state index is -0.905. The molecule has 0 spiro atoms. The lowest BCUT2D eigenvalue weighted by molar-refractivity contribution is -0.0199. The van der Waals surface area contributed by atoms with Crippen molar-refractivity contribution in [1.29, 1.82) is 0 Å². The van der Waals surface area contributed by atoms with Crippen molar-refractivity contribution in [2.24, 2.45) is 0 Å². The second-order valence-corrected chi connectivity index (χ2v) is 9.94. The Kier molecular flexibility index (Phi) is 7.06. The number of nitrogens with zero attached hydrogens (tertiary/aromatic N) is 3. The summed E-state index contributed by atoms with van der Waals surface area (Å²) < 4.78 is 12.3. The Morgan fingerprint density at radius 3 is 2.44 bits per heavy atom. The molecule has 2 heterocycles. The number of benzene rings is 4. The fraction of sp³-hybridized carbons (Fsp3) is 0.219. The van der Waals surface area contributed by atoms with Crippen LogP contribution in [-0.4, -0.2) is 45.5 Å². The standard InChI is InChI=1S/C32H29N3O4/c36-32(37)35-17-16-28(29(20-35)38-21-23-12-13-24-6-4-5-9-27(24)18-23)25-14-10-22(11-15-25)19-30-33-34-31(39-30)26-7-2-1-3-8-26/h1-15,18,28-29H,16-17,19-21H2,(H,36,37). The first-order valence-corrected chi connectivity index (χ1v) is 13.2. The van der Waals surface area contributed by atoms with Crippen LogP contribution in [0.15, 0.2) is 101 Å². The molecular formula is C32H29N3O4. The van der Waals surface area contributed by atoms with Gasteiger partial charge in [0.1, 0.15) is 0 Å². The molecule has 1 aromatic heterocycles. The third kappa shape index (κ3) is 5.68. The van der Waals surface area contributed by atoms with Crippen LogP contribution in [0.3, 0.4) is 0 Å². The first-order chi connectivity index (χ1) is 19.1. The van der Waals surface area contributed by atoms with Crippen LogP contribution in [0.25, 0.3) is 22.2 Å². The van der Waals surface area contributed by atoms with E-state index in [2.05, 4.69) is 64.8 Å². The summed E-state index contributed by atoms with van der Waals surface area (Å²) >= 11 is 0. The number of piperidine rings is 1. The number of amides is 1. The van der Waals surface area contributed by atoms with Crippen molar-refractivity contribution < 1.29 is 19.1 Å². The monoisotopic (exact) mass is 519 g/mol. The van der Waals surface area contributed by atoms with Crippen molar-refractivity contribution in [3.8, 4) is 11.5 Å². The predicted molar refractivity (Wildman–Crippen MR) is 148 cm³/mol. The van der Waals surface area contributed by atoms with Gasteiger partial charge in [-0.05, 0) is 52.1 Å². The van der Waals surface area contributed by atoms with Gasteiger partial charge in [-0.25, -0.2) is 4.79 Å². The molecule has 196 valence electrons. The van der Waals surface area contributed by atoms with Gasteiger partial charge in [0.2, 0.25) is 11.8 Å². The maximum absolute atomic E-state index is 11.7. The quantitative estimate of drug-likeness (QED) is 0.263. The van der Waals surface area contributed by atoms with E-state index < -0.39 is 6.09 Å². The van der Waals surface area contributed by atoms with Gasteiger partial charge >= 0.3 is 6.09 Å². The number of rotatable bonds is 7. The number of hydrogen-bond donors (Lipinski definition) is 1. The molecule has 1 aliphatic rings. The van der Waals surface area contributed by atoms with E-state index in [-0.39, 0.29) is 12.0 Å². The van der Waals surface area contributed by atoms with Crippen LogP contribution in [-0.2, 0) is 17.8 Å². The Labute approximate surface area is 226 Å². The van der Waals surface area contributed by atoms with Gasteiger partial charge in [-0.2, -0.15) is 0 Å². The topological polar surface area (TPSA) is 88.7 Å². The van der Waals surface area contributed by atoms with E-state index in [9.17, 15) is 9.90 Å². The van der Waals surface area contributed by atoms with E-state index in [1.165, 1.54) is 15.7 Å². The van der Waals surface area contributed by atoms with Crippen molar-refractivity contribution >= 4 is 16.9 Å². The Balaban J connectivity index is 1.15. The molecule has 7 heteroatoms. The first-order valence-electron chi connectivity index (χ1n) is 13.2. The average Bonchev–Trinajstić information content (AvgIpc) is 3.45. The number of hydrogen-bond acceptors (Lipinski definition) is 5. The fourth-order valence-corrected chi connectivity index (χ4v) is 5.25. The molecule has 1 N–H and O–H groups in total. The highest BCUT2D eigenvalue weighted by Gasteiger charge is 2.33. The summed E-state index contributed by atoms with van der Waals surface area (Å²) in [4.78, 5) is 13.2. The van der Waals surface area contributed by atoms with Gasteiger partial charge in [0, 0.05) is 18.0 Å². The van der Waals surface area contributed by atoms with Crippen LogP contribution in [0.5, 0.6) is 0 Å². The highest BCUT2D eigenvalue weighted by molar-refractivity contribution is 5.82. The van der Waals surface area contributed by atoms with E-state index in [1.807, 2.05) is 42.5 Å². The Bertz CT molecular complexity index is 1570. The van der Waals surface area contributed by atoms with Crippen LogP contribution in [0, 0.1) is 0 Å². The summed E-state index contributed by atoms with van der Waals surface area (Å²) in [6, 6.07) is 32.6. The molecule has 6 rings (SSSR count). The minimum absolute atomic E-state index is 0.100. The molecule has 5 aromatic rings. The average molecular weight is 520 g/mol. The third-order valence-corrected chi connectivity index (χ3v) is 7.36. The molecule has 0 aliphatic carbocycles. The van der Waals surface area contributed by atoms with Gasteiger partial charge in [-0.3, -0.25) is 0 Å². The minimum Gasteiger partial charge on any atom is -0.465 e. The first kappa shape index (κ1) is 24.8. The zero-order chi connectivity index (χ0) is 26.6. The molecule has 4 aromatic carbocycles. The smallest absolute Gasteiger partial charge is 0.407 e. The highest BCUT2D eigenvalue weighted by Crippen LogP contribution is 2.32. The molecular weight excluding hydrogens is 490 g/mol. The van der Waals surface area contributed by atoms with Gasteiger partial charge in [0.25, 0.3) is 0 Å². The van der Waals surface area contributed by atoms with Crippen LogP contribution >= 0.6 is 0 Å². The summed E-state index contributed by atoms with van der Waals surface area (Å²) in [5.41, 5.74) is 4.18. The maximum atomic E-state index is 11.7. The van der Waals surface area contributed by atoms with Crippen molar-refractivity contribution in [2.75, 3.05) is 13.1 Å². The lowest BCUT2D eigenvalue weighted by atomic mass is 9.86. The molecule has 0 radical (unpaired) electrons. The summed E-state index contributed by atoms with van der Waals surface area (Å²) in [6.45, 7) is 1.26.